The van der Waals surface area contributed by atoms with Crippen LogP contribution in [0.4, 0.5) is 0 Å². The summed E-state index contributed by atoms with van der Waals surface area (Å²) in [4.78, 5) is 7.48. The Hall–Kier alpha value is -2.43. The van der Waals surface area contributed by atoms with Crippen molar-refractivity contribution in [2.75, 3.05) is 32.2 Å². The second kappa shape index (κ2) is 18.9. The molecule has 1 heterocycles. The van der Waals surface area contributed by atoms with Crippen LogP contribution in [0.2, 0.25) is 0 Å². The summed E-state index contributed by atoms with van der Waals surface area (Å²) in [5.74, 6) is 2.10. The number of aliphatic hydroxyl groups excluding tert-OH is 2. The summed E-state index contributed by atoms with van der Waals surface area (Å²) in [6.07, 6.45) is 15.3. The third kappa shape index (κ3) is 9.88. The average molecular weight is 764 g/mol. The summed E-state index contributed by atoms with van der Waals surface area (Å²) in [5.41, 5.74) is 2.91. The molecule has 0 spiro atoms. The fourth-order valence-corrected chi connectivity index (χ4v) is 11.3. The molecule has 2 fully saturated rings. The third-order valence-electron chi connectivity index (χ3n) is 11.1. The van der Waals surface area contributed by atoms with Gasteiger partial charge in [-0.2, -0.15) is 0 Å². The van der Waals surface area contributed by atoms with Crippen LogP contribution in [-0.4, -0.2) is 70.0 Å². The minimum atomic E-state index is -0.925. The molecule has 0 saturated heterocycles. The molecule has 0 bridgehead atoms. The number of unbranched alkanes of at least 4 members (excludes halogenated alkanes) is 2. The second-order valence-corrected chi connectivity index (χ2v) is 18.7. The van der Waals surface area contributed by atoms with Gasteiger partial charge >= 0.3 is 0 Å². The first-order valence-corrected chi connectivity index (χ1v) is 21.9. The lowest BCUT2D eigenvalue weighted by Crippen LogP contribution is -2.64. The fraction of sp³-hybridized carbons (Fsp3) is 0.614. The van der Waals surface area contributed by atoms with Crippen LogP contribution < -0.4 is 9.47 Å². The van der Waals surface area contributed by atoms with Crippen LogP contribution in [0.3, 0.4) is 0 Å². The summed E-state index contributed by atoms with van der Waals surface area (Å²) in [6.45, 7) is 11.6. The highest BCUT2D eigenvalue weighted by Crippen LogP contribution is 2.63. The largest absolute Gasteiger partial charge is 0.493 e. The van der Waals surface area contributed by atoms with Crippen LogP contribution in [0.1, 0.15) is 103 Å². The van der Waals surface area contributed by atoms with Crippen molar-refractivity contribution in [3.8, 4) is 11.5 Å². The van der Waals surface area contributed by atoms with Crippen LogP contribution >= 0.6 is 23.5 Å². The van der Waals surface area contributed by atoms with Gasteiger partial charge in [0.1, 0.15) is 17.1 Å². The molecule has 6 atom stereocenters. The smallest absolute Gasteiger partial charge is 0.230 e. The van der Waals surface area contributed by atoms with Crippen molar-refractivity contribution in [1.29, 1.82) is 0 Å². The van der Waals surface area contributed by atoms with E-state index in [1.165, 1.54) is 36.2 Å². The van der Waals surface area contributed by atoms with E-state index in [1.807, 2.05) is 23.9 Å². The Kier molecular flexibility index (Phi) is 14.4. The van der Waals surface area contributed by atoms with E-state index in [0.717, 1.165) is 67.1 Å². The van der Waals surface area contributed by atoms with Gasteiger partial charge in [0.25, 0.3) is 0 Å². The molecule has 2 aromatic rings. The molecular formula is C44H61NO6S2. The lowest BCUT2D eigenvalue weighted by molar-refractivity contribution is -0.223. The number of benzene rings is 2. The Morgan fingerprint density at radius 1 is 1.00 bits per heavy atom. The van der Waals surface area contributed by atoms with Crippen molar-refractivity contribution >= 4 is 29.2 Å². The first kappa shape index (κ1) is 40.2. The molecular weight excluding hydrogens is 703 g/mol. The minimum Gasteiger partial charge on any atom is -0.493 e. The monoisotopic (exact) mass is 763 g/mol. The lowest BCUT2D eigenvalue weighted by atomic mass is 9.56. The summed E-state index contributed by atoms with van der Waals surface area (Å²) >= 11 is 3.83. The van der Waals surface area contributed by atoms with Crippen molar-refractivity contribution in [2.24, 2.45) is 22.9 Å². The zero-order valence-corrected chi connectivity index (χ0v) is 33.7. The molecule has 2 aromatic carbocycles. The van der Waals surface area contributed by atoms with E-state index >= 15 is 0 Å². The second-order valence-electron chi connectivity index (χ2n) is 16.0. The molecule has 6 rings (SSSR count). The maximum atomic E-state index is 9.90. The fourth-order valence-electron chi connectivity index (χ4n) is 8.82. The molecule has 2 saturated carbocycles. The number of oxime groups is 1. The average Bonchev–Trinajstić information content (AvgIpc) is 3.67. The van der Waals surface area contributed by atoms with Gasteiger partial charge in [-0.05, 0) is 107 Å². The molecule has 53 heavy (non-hydrogen) atoms. The predicted molar refractivity (Wildman–Crippen MR) is 218 cm³/mol. The third-order valence-corrected chi connectivity index (χ3v) is 13.7. The molecule has 0 radical (unpaired) electrons. The standard InChI is InChI=1S/C44H61NO6S2/c1-5-25-49-44-40(53-34-18-9-10-19-34)30-38(45-51-43(2,3)4)36-28-31(15-11-13-23-46)35(20-12-14-24-47)41(42(36)44)37-29-32(21-22-39(37)50-44)48-26-27-52-33-16-7-6-8-17-33/h5-8,16-17,21-22,28-29,31,34-35,40-42,46-47H,1,9-15,18-20,23-27,30H2,2-4H3/t31-,35+,40-,41+,42+,44+/m0/s1. The molecule has 0 aromatic heterocycles. The van der Waals surface area contributed by atoms with Crippen molar-refractivity contribution in [3.63, 3.8) is 0 Å². The molecule has 3 aliphatic carbocycles. The number of fused-ring (bicyclic) bond motifs is 2. The van der Waals surface area contributed by atoms with Gasteiger partial charge in [-0.1, -0.05) is 61.2 Å². The highest BCUT2D eigenvalue weighted by Gasteiger charge is 2.64. The summed E-state index contributed by atoms with van der Waals surface area (Å²) < 4.78 is 20.9. The predicted octanol–water partition coefficient (Wildman–Crippen LogP) is 9.97. The molecule has 2 N–H and O–H groups in total. The van der Waals surface area contributed by atoms with Gasteiger partial charge in [-0.25, -0.2) is 0 Å². The topological polar surface area (TPSA) is 89.7 Å². The normalized spacial score (nSPS) is 27.5. The maximum Gasteiger partial charge on any atom is 0.230 e. The number of allylic oxidation sites excluding steroid dienone is 1. The van der Waals surface area contributed by atoms with Crippen molar-refractivity contribution in [1.82, 2.24) is 0 Å². The summed E-state index contributed by atoms with van der Waals surface area (Å²) in [5, 5.41) is 25.2. The molecule has 1 aliphatic heterocycles. The summed E-state index contributed by atoms with van der Waals surface area (Å²) in [6, 6.07) is 16.8. The first-order valence-electron chi connectivity index (χ1n) is 20.0. The van der Waals surface area contributed by atoms with Gasteiger partial charge < -0.3 is 29.3 Å². The number of ether oxygens (including phenoxy) is 3. The minimum absolute atomic E-state index is 0.000590. The molecule has 7 nitrogen and oxygen atoms in total. The summed E-state index contributed by atoms with van der Waals surface area (Å²) in [7, 11) is 0. The van der Waals surface area contributed by atoms with Gasteiger partial charge in [0, 0.05) is 47.0 Å². The van der Waals surface area contributed by atoms with E-state index in [1.54, 1.807) is 11.8 Å². The van der Waals surface area contributed by atoms with Crippen molar-refractivity contribution < 1.29 is 29.3 Å². The quantitative estimate of drug-likeness (QED) is 0.0633. The van der Waals surface area contributed by atoms with Gasteiger partial charge in [0.15, 0.2) is 0 Å². The number of hydrogen-bond donors (Lipinski definition) is 2. The maximum absolute atomic E-state index is 9.90. The van der Waals surface area contributed by atoms with Gasteiger partial charge in [0.2, 0.25) is 5.79 Å². The SMILES string of the molecule is C=CCO[C@@]12Oc3ccc(OCCSc4ccccc4)cc3[C@H]3[C@H](CCCCO)[C@@H](CCCCO)C=C(C(=NOC(C)(C)C)C[C@@H]1SC1CCCC1)[C@H]32. The Balaban J connectivity index is 1.45. The number of hydrogen-bond acceptors (Lipinski definition) is 9. The van der Waals surface area contributed by atoms with Crippen LogP contribution in [0.5, 0.6) is 11.5 Å². The van der Waals surface area contributed by atoms with Crippen molar-refractivity contribution in [2.45, 2.75) is 124 Å². The number of thioether (sulfide) groups is 2. The highest BCUT2D eigenvalue weighted by molar-refractivity contribution is 8.00. The molecule has 9 heteroatoms. The molecule has 290 valence electrons. The van der Waals surface area contributed by atoms with Gasteiger partial charge in [0.05, 0.1) is 30.1 Å². The lowest BCUT2D eigenvalue weighted by Gasteiger charge is -2.58. The molecule has 0 unspecified atom stereocenters. The van der Waals surface area contributed by atoms with E-state index in [2.05, 4.69) is 75.9 Å². The molecule has 4 aliphatic rings. The van der Waals surface area contributed by atoms with Crippen LogP contribution in [0.15, 0.2) is 82.9 Å². The Morgan fingerprint density at radius 3 is 2.47 bits per heavy atom. The number of rotatable bonds is 19. The van der Waals surface area contributed by atoms with Gasteiger partial charge in [-0.15, -0.1) is 30.1 Å². The number of aliphatic hydroxyl groups is 2. The van der Waals surface area contributed by atoms with E-state index in [4.69, 9.17) is 24.2 Å². The van der Waals surface area contributed by atoms with Crippen molar-refractivity contribution in [3.05, 3.63) is 78.4 Å². The number of nitrogens with zero attached hydrogens (tertiary/aromatic N) is 1. The van der Waals surface area contributed by atoms with E-state index in [0.29, 0.717) is 24.9 Å². The zero-order valence-electron chi connectivity index (χ0n) is 32.0. The zero-order chi connectivity index (χ0) is 37.3. The van der Waals surface area contributed by atoms with Crippen LogP contribution in [-0.2, 0) is 9.57 Å². The van der Waals surface area contributed by atoms with Gasteiger partial charge in [-0.3, -0.25) is 0 Å². The van der Waals surface area contributed by atoms with Crippen LogP contribution in [0.25, 0.3) is 0 Å². The Bertz CT molecular complexity index is 1540. The van der Waals surface area contributed by atoms with E-state index < -0.39 is 11.4 Å². The van der Waals surface area contributed by atoms with Crippen LogP contribution in [0, 0.1) is 17.8 Å². The van der Waals surface area contributed by atoms with E-state index in [9.17, 15) is 10.2 Å². The Morgan fingerprint density at radius 2 is 1.75 bits per heavy atom. The highest BCUT2D eigenvalue weighted by atomic mass is 32.2. The first-order chi connectivity index (χ1) is 25.8. The molecule has 0 amide bonds. The van der Waals surface area contributed by atoms with E-state index in [-0.39, 0.29) is 42.1 Å². The Labute approximate surface area is 326 Å².